The third-order valence-electron chi connectivity index (χ3n) is 5.72. The van der Waals surface area contributed by atoms with Gasteiger partial charge in [0.25, 0.3) is 0 Å². The van der Waals surface area contributed by atoms with Crippen LogP contribution in [-0.2, 0) is 11.4 Å². The van der Waals surface area contributed by atoms with Crippen LogP contribution in [0.5, 0.6) is 17.2 Å². The summed E-state index contributed by atoms with van der Waals surface area (Å²) < 4.78 is 49.1. The molecular formula is C26H18F2O6. The number of halogens is 2. The van der Waals surface area contributed by atoms with Crippen molar-refractivity contribution < 1.29 is 32.2 Å². The van der Waals surface area contributed by atoms with Gasteiger partial charge in [-0.25, -0.2) is 13.6 Å². The minimum absolute atomic E-state index is 0.0602. The summed E-state index contributed by atoms with van der Waals surface area (Å²) >= 11 is 0. The van der Waals surface area contributed by atoms with E-state index in [1.54, 1.807) is 42.5 Å². The molecule has 0 radical (unpaired) electrons. The van der Waals surface area contributed by atoms with Crippen LogP contribution < -0.4 is 19.8 Å². The fraction of sp³-hybridized carbons (Fsp3) is 0.154. The topological polar surface area (TPSA) is 75.0 Å². The van der Waals surface area contributed by atoms with Crippen LogP contribution in [-0.4, -0.2) is 13.1 Å². The SMILES string of the molecule is COc1ccc(C2CC(=O)Oc3c2c(=O)oc2ccccc32)cc1COc1ccc(F)cc1F. The molecule has 4 aromatic rings. The number of hydrogen-bond donors (Lipinski definition) is 0. The molecule has 0 saturated carbocycles. The number of benzene rings is 3. The Bertz CT molecular complexity index is 1480. The second-order valence-electron chi connectivity index (χ2n) is 7.79. The molecule has 6 nitrogen and oxygen atoms in total. The Morgan fingerprint density at radius 1 is 1.00 bits per heavy atom. The van der Waals surface area contributed by atoms with Gasteiger partial charge in [0.05, 0.1) is 24.5 Å². The van der Waals surface area contributed by atoms with Gasteiger partial charge in [-0.05, 0) is 42.0 Å². The molecule has 1 aliphatic heterocycles. The third-order valence-corrected chi connectivity index (χ3v) is 5.72. The maximum atomic E-state index is 14.0. The fourth-order valence-electron chi connectivity index (χ4n) is 4.13. The number of carbonyl (C=O) groups is 1. The highest BCUT2D eigenvalue weighted by atomic mass is 19.1. The quantitative estimate of drug-likeness (QED) is 0.302. The number of ether oxygens (including phenoxy) is 3. The Balaban J connectivity index is 1.55. The molecule has 0 spiro atoms. The molecule has 0 amide bonds. The summed E-state index contributed by atoms with van der Waals surface area (Å²) in [7, 11) is 1.48. The summed E-state index contributed by atoms with van der Waals surface area (Å²) in [6, 6.07) is 15.0. The molecule has 2 heterocycles. The Morgan fingerprint density at radius 2 is 1.79 bits per heavy atom. The summed E-state index contributed by atoms with van der Waals surface area (Å²) in [5.74, 6) is -2.10. The van der Waals surface area contributed by atoms with Gasteiger partial charge in [-0.2, -0.15) is 0 Å². The molecule has 172 valence electrons. The molecule has 1 aromatic heterocycles. The van der Waals surface area contributed by atoms with Gasteiger partial charge in [0, 0.05) is 17.5 Å². The van der Waals surface area contributed by atoms with Crippen LogP contribution in [0.25, 0.3) is 11.0 Å². The highest BCUT2D eigenvalue weighted by molar-refractivity contribution is 5.90. The molecule has 1 unspecified atom stereocenters. The predicted octanol–water partition coefficient (Wildman–Crippen LogP) is 5.10. The highest BCUT2D eigenvalue weighted by Gasteiger charge is 2.34. The molecule has 0 N–H and O–H groups in total. The lowest BCUT2D eigenvalue weighted by Crippen LogP contribution is -2.26. The molecule has 0 bridgehead atoms. The molecule has 0 fully saturated rings. The second-order valence-corrected chi connectivity index (χ2v) is 7.79. The zero-order valence-corrected chi connectivity index (χ0v) is 18.0. The van der Waals surface area contributed by atoms with Crippen LogP contribution in [0, 0.1) is 11.6 Å². The van der Waals surface area contributed by atoms with Gasteiger partial charge in [0.2, 0.25) is 0 Å². The van der Waals surface area contributed by atoms with Gasteiger partial charge >= 0.3 is 11.6 Å². The van der Waals surface area contributed by atoms with E-state index in [-0.39, 0.29) is 30.1 Å². The van der Waals surface area contributed by atoms with Crippen molar-refractivity contribution in [2.75, 3.05) is 7.11 Å². The number of methoxy groups -OCH3 is 1. The van der Waals surface area contributed by atoms with Crippen molar-refractivity contribution in [2.45, 2.75) is 18.9 Å². The minimum atomic E-state index is -0.830. The van der Waals surface area contributed by atoms with E-state index in [0.29, 0.717) is 27.8 Å². The number of para-hydroxylation sites is 1. The summed E-state index contributed by atoms with van der Waals surface area (Å²) in [5.41, 5.74) is 1.17. The average Bonchev–Trinajstić information content (AvgIpc) is 2.83. The molecule has 8 heteroatoms. The van der Waals surface area contributed by atoms with E-state index >= 15 is 0 Å². The van der Waals surface area contributed by atoms with E-state index in [1.807, 2.05) is 0 Å². The first kappa shape index (κ1) is 21.6. The van der Waals surface area contributed by atoms with Crippen LogP contribution in [0.2, 0.25) is 0 Å². The van der Waals surface area contributed by atoms with Crippen molar-refractivity contribution in [3.05, 3.63) is 99.4 Å². The Labute approximate surface area is 192 Å². The Hall–Kier alpha value is -4.20. The molecule has 0 saturated heterocycles. The number of fused-ring (bicyclic) bond motifs is 3. The van der Waals surface area contributed by atoms with Crippen molar-refractivity contribution in [1.29, 1.82) is 0 Å². The lowest BCUT2D eigenvalue weighted by molar-refractivity contribution is -0.135. The molecule has 1 atom stereocenters. The number of rotatable bonds is 5. The van der Waals surface area contributed by atoms with Crippen LogP contribution in [0.3, 0.4) is 0 Å². The first-order valence-electron chi connectivity index (χ1n) is 10.5. The smallest absolute Gasteiger partial charge is 0.343 e. The zero-order chi connectivity index (χ0) is 23.8. The summed E-state index contributed by atoms with van der Waals surface area (Å²) in [5, 5.41) is 0.527. The van der Waals surface area contributed by atoms with Gasteiger partial charge in [-0.3, -0.25) is 4.79 Å². The minimum Gasteiger partial charge on any atom is -0.496 e. The van der Waals surface area contributed by atoms with Crippen LogP contribution in [0.4, 0.5) is 8.78 Å². The van der Waals surface area contributed by atoms with E-state index in [1.165, 1.54) is 13.2 Å². The van der Waals surface area contributed by atoms with Gasteiger partial charge in [0.15, 0.2) is 17.3 Å². The molecular weight excluding hydrogens is 446 g/mol. The second kappa shape index (κ2) is 8.62. The van der Waals surface area contributed by atoms with Gasteiger partial charge in [-0.15, -0.1) is 0 Å². The van der Waals surface area contributed by atoms with E-state index in [2.05, 4.69) is 0 Å². The van der Waals surface area contributed by atoms with E-state index in [0.717, 1.165) is 12.1 Å². The van der Waals surface area contributed by atoms with E-state index in [4.69, 9.17) is 18.6 Å². The summed E-state index contributed by atoms with van der Waals surface area (Å²) in [6.07, 6.45) is -0.0602. The summed E-state index contributed by atoms with van der Waals surface area (Å²) in [4.78, 5) is 25.3. The highest BCUT2D eigenvalue weighted by Crippen LogP contribution is 2.41. The zero-order valence-electron chi connectivity index (χ0n) is 18.0. The average molecular weight is 464 g/mol. The standard InChI is InChI=1S/C26H18F2O6/c1-31-20-8-6-14(10-15(20)13-32-22-9-7-16(27)11-19(22)28)18-12-23(29)34-25-17-4-2-3-5-21(17)33-26(30)24(18)25/h2-11,18H,12-13H2,1H3. The lowest BCUT2D eigenvalue weighted by atomic mass is 9.86. The fourth-order valence-corrected chi connectivity index (χ4v) is 4.13. The Morgan fingerprint density at radius 3 is 2.59 bits per heavy atom. The largest absolute Gasteiger partial charge is 0.496 e. The first-order valence-corrected chi connectivity index (χ1v) is 10.5. The van der Waals surface area contributed by atoms with Crippen LogP contribution in [0.15, 0.2) is 69.9 Å². The van der Waals surface area contributed by atoms with Crippen molar-refractivity contribution in [2.24, 2.45) is 0 Å². The molecule has 5 rings (SSSR count). The lowest BCUT2D eigenvalue weighted by Gasteiger charge is -2.25. The number of carbonyl (C=O) groups excluding carboxylic acids is 1. The monoisotopic (exact) mass is 464 g/mol. The molecule has 34 heavy (non-hydrogen) atoms. The van der Waals surface area contributed by atoms with Crippen molar-refractivity contribution >= 4 is 16.9 Å². The Kier molecular flexibility index (Phi) is 5.49. The molecule has 1 aliphatic rings. The third kappa shape index (κ3) is 3.87. The van der Waals surface area contributed by atoms with Crippen LogP contribution >= 0.6 is 0 Å². The van der Waals surface area contributed by atoms with Crippen molar-refractivity contribution in [3.63, 3.8) is 0 Å². The van der Waals surface area contributed by atoms with Crippen molar-refractivity contribution in [1.82, 2.24) is 0 Å². The first-order chi connectivity index (χ1) is 16.4. The maximum absolute atomic E-state index is 14.0. The van der Waals surface area contributed by atoms with Crippen molar-refractivity contribution in [3.8, 4) is 17.2 Å². The number of hydrogen-bond acceptors (Lipinski definition) is 6. The molecule has 0 aliphatic carbocycles. The number of esters is 1. The van der Waals surface area contributed by atoms with Gasteiger partial charge in [-0.1, -0.05) is 18.2 Å². The predicted molar refractivity (Wildman–Crippen MR) is 118 cm³/mol. The summed E-state index contributed by atoms with van der Waals surface area (Å²) in [6.45, 7) is -0.0874. The van der Waals surface area contributed by atoms with Crippen LogP contribution in [0.1, 0.15) is 29.0 Å². The van der Waals surface area contributed by atoms with Gasteiger partial charge in [0.1, 0.15) is 23.8 Å². The molecule has 3 aromatic carbocycles. The van der Waals surface area contributed by atoms with Gasteiger partial charge < -0.3 is 18.6 Å². The normalized spacial score (nSPS) is 15.0. The van der Waals surface area contributed by atoms with E-state index < -0.39 is 29.1 Å². The van der Waals surface area contributed by atoms with E-state index in [9.17, 15) is 18.4 Å². The maximum Gasteiger partial charge on any atom is 0.343 e.